The summed E-state index contributed by atoms with van der Waals surface area (Å²) in [7, 11) is 1.54. The van der Waals surface area contributed by atoms with Crippen LogP contribution >= 0.6 is 0 Å². The van der Waals surface area contributed by atoms with Gasteiger partial charge in [-0.2, -0.15) is 0 Å². The molecule has 1 aliphatic rings. The Morgan fingerprint density at radius 3 is 2.71 bits per heavy atom. The zero-order valence-corrected chi connectivity index (χ0v) is 20.6. The highest BCUT2D eigenvalue weighted by Gasteiger charge is 2.56. The van der Waals surface area contributed by atoms with E-state index in [1.807, 2.05) is 34.9 Å². The summed E-state index contributed by atoms with van der Waals surface area (Å²) in [6.45, 7) is -1.21. The van der Waals surface area contributed by atoms with Gasteiger partial charge >= 0.3 is 0 Å². The summed E-state index contributed by atoms with van der Waals surface area (Å²) in [4.78, 5) is 18.0. The van der Waals surface area contributed by atoms with E-state index in [1.165, 1.54) is 0 Å². The van der Waals surface area contributed by atoms with Crippen molar-refractivity contribution in [1.82, 2.24) is 14.9 Å². The van der Waals surface area contributed by atoms with Gasteiger partial charge in [-0.25, -0.2) is 0 Å². The quantitative estimate of drug-likeness (QED) is 0.197. The van der Waals surface area contributed by atoms with Gasteiger partial charge < -0.3 is 44.9 Å². The molecular formula is C27H29N3O8. The molecule has 1 aliphatic heterocycles. The van der Waals surface area contributed by atoms with E-state index in [0.29, 0.717) is 23.2 Å². The average Bonchev–Trinajstić information content (AvgIpc) is 3.30. The van der Waals surface area contributed by atoms with Gasteiger partial charge in [-0.3, -0.25) is 9.78 Å². The van der Waals surface area contributed by atoms with Crippen LogP contribution in [0.5, 0.6) is 5.75 Å². The summed E-state index contributed by atoms with van der Waals surface area (Å²) < 4.78 is 12.4. The van der Waals surface area contributed by atoms with Gasteiger partial charge in [0, 0.05) is 35.8 Å². The molecular weight excluding hydrogens is 494 g/mol. The fraction of sp³-hybridized carbons (Fsp3) is 0.333. The Kier molecular flexibility index (Phi) is 7.05. The number of nitrogens with one attached hydrogen (secondary N) is 1. The number of pyridine rings is 1. The Morgan fingerprint density at radius 1 is 1.16 bits per heavy atom. The van der Waals surface area contributed by atoms with Crippen molar-refractivity contribution < 1.29 is 39.8 Å². The van der Waals surface area contributed by atoms with E-state index in [-0.39, 0.29) is 5.56 Å². The van der Waals surface area contributed by atoms with E-state index < -0.39 is 49.3 Å². The number of rotatable bonds is 7. The molecule has 11 nitrogen and oxygen atoms in total. The molecule has 6 N–H and O–H groups in total. The fourth-order valence-corrected chi connectivity index (χ4v) is 4.92. The first-order valence-corrected chi connectivity index (χ1v) is 12.1. The van der Waals surface area contributed by atoms with E-state index in [0.717, 1.165) is 16.5 Å². The summed E-state index contributed by atoms with van der Waals surface area (Å²) in [6, 6.07) is 15.0. The predicted molar refractivity (Wildman–Crippen MR) is 137 cm³/mol. The lowest BCUT2D eigenvalue weighted by molar-refractivity contribution is -0.288. The number of carbonyl (C=O) groups excluding carboxylic acids is 1. The van der Waals surface area contributed by atoms with Crippen LogP contribution < -0.4 is 10.1 Å². The molecule has 11 heteroatoms. The molecule has 1 unspecified atom stereocenters. The van der Waals surface area contributed by atoms with Crippen LogP contribution in [0.4, 0.5) is 0 Å². The zero-order chi connectivity index (χ0) is 27.0. The summed E-state index contributed by atoms with van der Waals surface area (Å²) in [5.74, 6) is -0.134. The number of ether oxygens (including phenoxy) is 2. The monoisotopic (exact) mass is 523 g/mol. The largest absolute Gasteiger partial charge is 0.497 e. The van der Waals surface area contributed by atoms with E-state index >= 15 is 0 Å². The lowest BCUT2D eigenvalue weighted by Gasteiger charge is -2.48. The van der Waals surface area contributed by atoms with E-state index in [4.69, 9.17) is 9.47 Å². The molecule has 0 aliphatic carbocycles. The molecule has 1 saturated heterocycles. The lowest BCUT2D eigenvalue weighted by atomic mass is 9.83. The molecule has 1 fully saturated rings. The number of aromatic nitrogens is 2. The third-order valence-electron chi connectivity index (χ3n) is 7.12. The van der Waals surface area contributed by atoms with Crippen LogP contribution in [0.25, 0.3) is 21.8 Å². The number of aliphatic hydroxyl groups is 5. The highest BCUT2D eigenvalue weighted by molar-refractivity contribution is 6.07. The van der Waals surface area contributed by atoms with Crippen LogP contribution in [0.15, 0.2) is 60.9 Å². The number of aliphatic hydroxyl groups excluding tert-OH is 5. The molecule has 0 saturated carbocycles. The van der Waals surface area contributed by atoms with Crippen molar-refractivity contribution in [3.05, 3.63) is 72.1 Å². The molecule has 5 rings (SSSR count). The highest BCUT2D eigenvalue weighted by Crippen LogP contribution is 2.31. The maximum Gasteiger partial charge on any atom is 0.254 e. The van der Waals surface area contributed by atoms with E-state index in [1.54, 1.807) is 37.7 Å². The van der Waals surface area contributed by atoms with Crippen LogP contribution in [0, 0.1) is 0 Å². The lowest BCUT2D eigenvalue weighted by Crippen LogP contribution is -2.74. The molecule has 5 atom stereocenters. The summed E-state index contributed by atoms with van der Waals surface area (Å²) in [6.07, 6.45) is -3.33. The molecule has 3 heterocycles. The van der Waals surface area contributed by atoms with Gasteiger partial charge in [-0.05, 0) is 29.8 Å². The Morgan fingerprint density at radius 2 is 1.97 bits per heavy atom. The third-order valence-corrected chi connectivity index (χ3v) is 7.12. The SMILES string of the molecule is COc1ccc2c(C(=O)N[C@@]3(CO)C(O)O[C@H](CO)[C@@H](O)[C@@H]3O)cn(Cc3ccc4cccnc4c3)c2c1. The second-order valence-electron chi connectivity index (χ2n) is 9.38. The Labute approximate surface area is 217 Å². The Bertz CT molecular complexity index is 1470. The molecule has 1 amide bonds. The first-order chi connectivity index (χ1) is 18.3. The van der Waals surface area contributed by atoms with Gasteiger partial charge in [-0.1, -0.05) is 18.2 Å². The van der Waals surface area contributed by atoms with Gasteiger partial charge in [0.1, 0.15) is 29.6 Å². The molecule has 38 heavy (non-hydrogen) atoms. The number of carbonyl (C=O) groups is 1. The minimum Gasteiger partial charge on any atom is -0.497 e. The van der Waals surface area contributed by atoms with Crippen LogP contribution in [-0.2, 0) is 11.3 Å². The highest BCUT2D eigenvalue weighted by atomic mass is 16.6. The fourth-order valence-electron chi connectivity index (χ4n) is 4.92. The van der Waals surface area contributed by atoms with Crippen molar-refractivity contribution in [3.63, 3.8) is 0 Å². The first kappa shape index (κ1) is 26.0. The number of amides is 1. The van der Waals surface area contributed by atoms with Gasteiger partial charge in [0.05, 0.1) is 36.9 Å². The number of nitrogens with zero attached hydrogens (tertiary/aromatic N) is 2. The van der Waals surface area contributed by atoms with Crippen molar-refractivity contribution in [2.75, 3.05) is 20.3 Å². The standard InChI is InChI=1S/C27H29N3O8/c1-37-17-6-7-18-19(25(35)29-27(14-32)24(34)23(33)22(13-31)38-26(27)36)12-30(21(18)10-17)11-15-4-5-16-3-2-8-28-20(16)9-15/h2-10,12,22-24,26,31-34,36H,11,13-14H2,1H3,(H,29,35)/t22-,23-,24+,26?,27-/m1/s1. The minimum atomic E-state index is -2.13. The number of hydrogen-bond donors (Lipinski definition) is 6. The zero-order valence-electron chi connectivity index (χ0n) is 20.6. The van der Waals surface area contributed by atoms with E-state index in [2.05, 4.69) is 10.3 Å². The smallest absolute Gasteiger partial charge is 0.254 e. The first-order valence-electron chi connectivity index (χ1n) is 12.1. The molecule has 0 bridgehead atoms. The predicted octanol–water partition coefficient (Wildman–Crippen LogP) is 0.139. The van der Waals surface area contributed by atoms with Crippen LogP contribution in [0.2, 0.25) is 0 Å². The van der Waals surface area contributed by atoms with Gasteiger partial charge in [0.15, 0.2) is 6.29 Å². The van der Waals surface area contributed by atoms with Gasteiger partial charge in [0.25, 0.3) is 5.91 Å². The van der Waals surface area contributed by atoms with Crippen LogP contribution in [0.1, 0.15) is 15.9 Å². The number of hydrogen-bond acceptors (Lipinski definition) is 9. The average molecular weight is 524 g/mol. The second kappa shape index (κ2) is 10.3. The van der Waals surface area contributed by atoms with Gasteiger partial charge in [0.2, 0.25) is 0 Å². The van der Waals surface area contributed by atoms with Crippen molar-refractivity contribution in [2.24, 2.45) is 0 Å². The summed E-state index contributed by atoms with van der Waals surface area (Å²) >= 11 is 0. The Hall–Kier alpha value is -3.58. The molecule has 2 aromatic heterocycles. The normalized spacial score (nSPS) is 25.5. The van der Waals surface area contributed by atoms with Crippen molar-refractivity contribution in [1.29, 1.82) is 0 Å². The molecule has 0 radical (unpaired) electrons. The van der Waals surface area contributed by atoms with Crippen LogP contribution in [0.3, 0.4) is 0 Å². The van der Waals surface area contributed by atoms with Crippen molar-refractivity contribution in [2.45, 2.75) is 36.7 Å². The van der Waals surface area contributed by atoms with Gasteiger partial charge in [-0.15, -0.1) is 0 Å². The topological polar surface area (TPSA) is 167 Å². The molecule has 0 spiro atoms. The van der Waals surface area contributed by atoms with Crippen molar-refractivity contribution in [3.8, 4) is 5.75 Å². The number of methoxy groups -OCH3 is 1. The minimum absolute atomic E-state index is 0.201. The molecule has 200 valence electrons. The maximum atomic E-state index is 13.5. The van der Waals surface area contributed by atoms with Crippen LogP contribution in [-0.4, -0.2) is 91.5 Å². The number of benzene rings is 2. The van der Waals surface area contributed by atoms with E-state index in [9.17, 15) is 30.3 Å². The third kappa shape index (κ3) is 4.39. The second-order valence-corrected chi connectivity index (χ2v) is 9.38. The number of fused-ring (bicyclic) bond motifs is 2. The van der Waals surface area contributed by atoms with Crippen molar-refractivity contribution >= 4 is 27.7 Å². The molecule has 2 aromatic carbocycles. The summed E-state index contributed by atoms with van der Waals surface area (Å²) in [5, 5.41) is 55.2. The molecule has 4 aromatic rings. The Balaban J connectivity index is 1.52. The maximum absolute atomic E-state index is 13.5. The summed E-state index contributed by atoms with van der Waals surface area (Å²) in [5.41, 5.74) is 0.538.